The maximum Gasteiger partial charge on any atom is 0.261 e. The molecule has 0 saturated carbocycles. The van der Waals surface area contributed by atoms with Gasteiger partial charge in [-0.2, -0.15) is 0 Å². The van der Waals surface area contributed by atoms with Gasteiger partial charge in [-0.1, -0.05) is 12.1 Å². The highest BCUT2D eigenvalue weighted by Gasteiger charge is 2.17. The van der Waals surface area contributed by atoms with Crippen LogP contribution in [0.4, 0.5) is 15.8 Å². The number of sulfonamides is 1. The Kier molecular flexibility index (Phi) is 3.95. The summed E-state index contributed by atoms with van der Waals surface area (Å²) in [4.78, 5) is 11.2. The fourth-order valence-electron chi connectivity index (χ4n) is 1.70. The van der Waals surface area contributed by atoms with E-state index in [4.69, 9.17) is 5.73 Å². The van der Waals surface area contributed by atoms with Gasteiger partial charge in [-0.3, -0.25) is 9.52 Å². The maximum absolute atomic E-state index is 13.2. The molecule has 0 bridgehead atoms. The number of carbonyl (C=O) groups is 1. The number of halogens is 1. The molecule has 0 saturated heterocycles. The lowest BCUT2D eigenvalue weighted by Gasteiger charge is -2.11. The van der Waals surface area contributed by atoms with Crippen LogP contribution in [0.2, 0.25) is 0 Å². The Morgan fingerprint density at radius 2 is 1.90 bits per heavy atom. The zero-order valence-corrected chi connectivity index (χ0v) is 11.9. The molecule has 0 spiro atoms. The molecule has 0 unspecified atom stereocenters. The number of Topliss-reactive ketones (excluding diaryl/α,β-unsaturated/α-hetero) is 1. The van der Waals surface area contributed by atoms with Crippen LogP contribution in [0.1, 0.15) is 17.3 Å². The molecule has 2 rings (SSSR count). The first-order valence-corrected chi connectivity index (χ1v) is 7.47. The molecule has 0 radical (unpaired) electrons. The van der Waals surface area contributed by atoms with Crippen molar-refractivity contribution in [3.8, 4) is 0 Å². The van der Waals surface area contributed by atoms with Crippen molar-refractivity contribution in [1.29, 1.82) is 0 Å². The van der Waals surface area contributed by atoms with Crippen LogP contribution in [0.25, 0.3) is 0 Å². The van der Waals surface area contributed by atoms with Crippen molar-refractivity contribution in [3.05, 3.63) is 53.8 Å². The van der Waals surface area contributed by atoms with E-state index >= 15 is 0 Å². The van der Waals surface area contributed by atoms with E-state index < -0.39 is 15.8 Å². The standard InChI is InChI=1S/C14H13FN2O3S/c1-9(18)10-3-2-4-12(7-10)21(19,20)17-14-8-11(15)5-6-13(14)16/h2-8,17H,16H2,1H3. The Balaban J connectivity index is 2.41. The quantitative estimate of drug-likeness (QED) is 0.670. The van der Waals surface area contributed by atoms with E-state index in [9.17, 15) is 17.6 Å². The van der Waals surface area contributed by atoms with Crippen molar-refractivity contribution in [1.82, 2.24) is 0 Å². The number of nitrogens with one attached hydrogen (secondary N) is 1. The molecule has 0 atom stereocenters. The fraction of sp³-hybridized carbons (Fsp3) is 0.0714. The highest BCUT2D eigenvalue weighted by Crippen LogP contribution is 2.23. The van der Waals surface area contributed by atoms with Gasteiger partial charge < -0.3 is 5.73 Å². The van der Waals surface area contributed by atoms with Crippen LogP contribution in [0.15, 0.2) is 47.4 Å². The number of anilines is 2. The Bertz CT molecular complexity index is 804. The first-order chi connectivity index (χ1) is 9.79. The maximum atomic E-state index is 13.2. The fourth-order valence-corrected chi connectivity index (χ4v) is 2.83. The summed E-state index contributed by atoms with van der Waals surface area (Å²) in [5.74, 6) is -0.864. The van der Waals surface area contributed by atoms with Gasteiger partial charge in [0.25, 0.3) is 10.0 Å². The lowest BCUT2D eigenvalue weighted by atomic mass is 10.2. The molecule has 0 aromatic heterocycles. The van der Waals surface area contributed by atoms with Gasteiger partial charge in [-0.15, -0.1) is 0 Å². The topological polar surface area (TPSA) is 89.3 Å². The molecule has 0 heterocycles. The Hall–Kier alpha value is -2.41. The van der Waals surface area contributed by atoms with E-state index in [1.165, 1.54) is 37.3 Å². The van der Waals surface area contributed by atoms with Crippen LogP contribution >= 0.6 is 0 Å². The van der Waals surface area contributed by atoms with Crippen molar-refractivity contribution >= 4 is 27.2 Å². The average Bonchev–Trinajstić information content (AvgIpc) is 2.43. The Labute approximate surface area is 121 Å². The second-order valence-electron chi connectivity index (χ2n) is 4.42. The van der Waals surface area contributed by atoms with Crippen LogP contribution in [-0.2, 0) is 10.0 Å². The van der Waals surface area contributed by atoms with E-state index in [1.54, 1.807) is 0 Å². The third-order valence-corrected chi connectivity index (χ3v) is 4.17. The second kappa shape index (κ2) is 5.53. The first-order valence-electron chi connectivity index (χ1n) is 5.98. The van der Waals surface area contributed by atoms with Gasteiger partial charge in [0.15, 0.2) is 5.78 Å². The molecule has 2 aromatic carbocycles. The van der Waals surface area contributed by atoms with Gasteiger partial charge in [0.1, 0.15) is 5.82 Å². The number of nitrogens with two attached hydrogens (primary N) is 1. The lowest BCUT2D eigenvalue weighted by Crippen LogP contribution is -2.14. The Morgan fingerprint density at radius 1 is 1.19 bits per heavy atom. The van der Waals surface area contributed by atoms with Crippen molar-refractivity contribution in [2.75, 3.05) is 10.5 Å². The largest absolute Gasteiger partial charge is 0.397 e. The van der Waals surface area contributed by atoms with Gasteiger partial charge in [-0.25, -0.2) is 12.8 Å². The van der Waals surface area contributed by atoms with E-state index in [0.29, 0.717) is 0 Å². The number of benzene rings is 2. The number of nitrogen functional groups attached to an aromatic ring is 1. The molecule has 0 aliphatic heterocycles. The molecule has 0 fully saturated rings. The summed E-state index contributed by atoms with van der Waals surface area (Å²) in [6, 6.07) is 8.94. The molecule has 5 nitrogen and oxygen atoms in total. The van der Waals surface area contributed by atoms with Crippen LogP contribution in [0, 0.1) is 5.82 Å². The summed E-state index contributed by atoms with van der Waals surface area (Å²) in [5, 5.41) is 0. The zero-order valence-electron chi connectivity index (χ0n) is 11.1. The summed E-state index contributed by atoms with van der Waals surface area (Å²) >= 11 is 0. The minimum Gasteiger partial charge on any atom is -0.397 e. The van der Waals surface area contributed by atoms with Crippen LogP contribution in [-0.4, -0.2) is 14.2 Å². The number of carbonyl (C=O) groups excluding carboxylic acids is 1. The monoisotopic (exact) mass is 308 g/mol. The number of rotatable bonds is 4. The lowest BCUT2D eigenvalue weighted by molar-refractivity contribution is 0.101. The molecule has 2 aromatic rings. The van der Waals surface area contributed by atoms with Crippen molar-refractivity contribution in [2.24, 2.45) is 0 Å². The third-order valence-electron chi connectivity index (χ3n) is 2.81. The van der Waals surface area contributed by atoms with E-state index in [1.807, 2.05) is 0 Å². The molecule has 0 amide bonds. The van der Waals surface area contributed by atoms with E-state index in [-0.39, 0.29) is 27.6 Å². The highest BCUT2D eigenvalue weighted by atomic mass is 32.2. The molecule has 21 heavy (non-hydrogen) atoms. The van der Waals surface area contributed by atoms with Crippen LogP contribution in [0.5, 0.6) is 0 Å². The average molecular weight is 308 g/mol. The predicted molar refractivity (Wildman–Crippen MR) is 78.1 cm³/mol. The smallest absolute Gasteiger partial charge is 0.261 e. The molecule has 110 valence electrons. The summed E-state index contributed by atoms with van der Waals surface area (Å²) in [6.07, 6.45) is 0. The van der Waals surface area contributed by atoms with E-state index in [0.717, 1.165) is 12.1 Å². The minimum atomic E-state index is -3.96. The molecular formula is C14H13FN2O3S. The predicted octanol–water partition coefficient (Wildman–Crippen LogP) is 2.41. The summed E-state index contributed by atoms with van der Waals surface area (Å²) in [6.45, 7) is 1.34. The number of ketones is 1. The summed E-state index contributed by atoms with van der Waals surface area (Å²) in [5.41, 5.74) is 5.92. The molecule has 0 aliphatic carbocycles. The first kappa shape index (κ1) is 15.0. The zero-order chi connectivity index (χ0) is 15.6. The summed E-state index contributed by atoms with van der Waals surface area (Å²) in [7, 11) is -3.96. The SMILES string of the molecule is CC(=O)c1cccc(S(=O)(=O)Nc2cc(F)ccc2N)c1. The van der Waals surface area contributed by atoms with Gasteiger partial charge in [-0.05, 0) is 31.2 Å². The highest BCUT2D eigenvalue weighted by molar-refractivity contribution is 7.92. The normalized spacial score (nSPS) is 11.1. The molecule has 0 aliphatic rings. The second-order valence-corrected chi connectivity index (χ2v) is 6.10. The van der Waals surface area contributed by atoms with Gasteiger partial charge in [0.2, 0.25) is 0 Å². The van der Waals surface area contributed by atoms with Crippen molar-refractivity contribution < 1.29 is 17.6 Å². The van der Waals surface area contributed by atoms with E-state index in [2.05, 4.69) is 4.72 Å². The molecule has 3 N–H and O–H groups in total. The van der Waals surface area contributed by atoms with Crippen LogP contribution in [0.3, 0.4) is 0 Å². The number of hydrogen-bond acceptors (Lipinski definition) is 4. The molecular weight excluding hydrogens is 295 g/mol. The van der Waals surface area contributed by atoms with Gasteiger partial charge >= 0.3 is 0 Å². The van der Waals surface area contributed by atoms with Gasteiger partial charge in [0, 0.05) is 11.6 Å². The van der Waals surface area contributed by atoms with Crippen molar-refractivity contribution in [2.45, 2.75) is 11.8 Å². The Morgan fingerprint density at radius 3 is 2.57 bits per heavy atom. The summed E-state index contributed by atoms with van der Waals surface area (Å²) < 4.78 is 39.8. The van der Waals surface area contributed by atoms with Gasteiger partial charge in [0.05, 0.1) is 16.3 Å². The van der Waals surface area contributed by atoms with Crippen LogP contribution < -0.4 is 10.5 Å². The third kappa shape index (κ3) is 3.38. The number of hydrogen-bond donors (Lipinski definition) is 2. The van der Waals surface area contributed by atoms with Crippen molar-refractivity contribution in [3.63, 3.8) is 0 Å². The minimum absolute atomic E-state index is 0.0526. The molecule has 7 heteroatoms.